The van der Waals surface area contributed by atoms with Crippen LogP contribution in [0.15, 0.2) is 10.6 Å². The molecule has 0 radical (unpaired) electrons. The minimum atomic E-state index is 0.454. The molecule has 0 unspecified atom stereocenters. The van der Waals surface area contributed by atoms with Gasteiger partial charge in [0.25, 0.3) is 0 Å². The summed E-state index contributed by atoms with van der Waals surface area (Å²) in [6, 6.07) is 1.64. The monoisotopic (exact) mass is 123 g/mol. The molecule has 0 saturated carbocycles. The van der Waals surface area contributed by atoms with E-state index in [0.717, 1.165) is 0 Å². The van der Waals surface area contributed by atoms with Crippen LogP contribution in [0.3, 0.4) is 0 Å². The highest BCUT2D eigenvalue weighted by Crippen LogP contribution is 2.04. The lowest BCUT2D eigenvalue weighted by atomic mass is 10.5. The van der Waals surface area contributed by atoms with Crippen LogP contribution >= 0.6 is 0 Å². The van der Waals surface area contributed by atoms with Crippen molar-refractivity contribution in [2.24, 2.45) is 0 Å². The summed E-state index contributed by atoms with van der Waals surface area (Å²) in [5.41, 5.74) is 0. The zero-order valence-electron chi connectivity index (χ0n) is 4.88. The van der Waals surface area contributed by atoms with Gasteiger partial charge in [-0.1, -0.05) is 5.16 Å². The average molecular weight is 123 g/mol. The molecule has 4 heteroatoms. The fraction of sp³-hybridized carbons (Fsp3) is 0.200. The zero-order chi connectivity index (χ0) is 6.69. The van der Waals surface area contributed by atoms with Gasteiger partial charge in [0.05, 0.1) is 0 Å². The number of nitriles is 1. The van der Waals surface area contributed by atoms with Crippen molar-refractivity contribution in [3.8, 4) is 6.19 Å². The first-order valence-corrected chi connectivity index (χ1v) is 2.41. The second-order valence-electron chi connectivity index (χ2n) is 1.56. The molecule has 4 nitrogen and oxygen atoms in total. The molecule has 1 aromatic rings. The number of hydrogen-bond acceptors (Lipinski definition) is 4. The number of aryl methyl sites for hydroxylation is 1. The lowest BCUT2D eigenvalue weighted by Crippen LogP contribution is -1.84. The summed E-state index contributed by atoms with van der Waals surface area (Å²) in [7, 11) is 0. The van der Waals surface area contributed by atoms with Crippen LogP contribution in [0.4, 0.5) is 5.82 Å². The van der Waals surface area contributed by atoms with E-state index in [1.54, 1.807) is 19.2 Å². The number of hydrogen-bond donors (Lipinski definition) is 1. The van der Waals surface area contributed by atoms with Crippen molar-refractivity contribution in [3.05, 3.63) is 11.8 Å². The predicted octanol–water partition coefficient (Wildman–Crippen LogP) is 0.876. The van der Waals surface area contributed by atoms with Gasteiger partial charge in [0.1, 0.15) is 5.76 Å². The van der Waals surface area contributed by atoms with Gasteiger partial charge >= 0.3 is 0 Å². The topological polar surface area (TPSA) is 61.9 Å². The SMILES string of the molecule is Cc1cc(NC#N)no1. The number of aromatic nitrogens is 1. The normalized spacial score (nSPS) is 8.44. The van der Waals surface area contributed by atoms with Gasteiger partial charge in [0.15, 0.2) is 12.0 Å². The van der Waals surface area contributed by atoms with Crippen molar-refractivity contribution in [2.75, 3.05) is 5.32 Å². The van der Waals surface area contributed by atoms with Crippen LogP contribution in [0.1, 0.15) is 5.76 Å². The Morgan fingerprint density at radius 3 is 3.11 bits per heavy atom. The number of rotatable bonds is 1. The van der Waals surface area contributed by atoms with Crippen LogP contribution in [0.2, 0.25) is 0 Å². The molecule has 1 N–H and O–H groups in total. The Balaban J connectivity index is 2.76. The van der Waals surface area contributed by atoms with Crippen LogP contribution in [0.5, 0.6) is 0 Å². The van der Waals surface area contributed by atoms with E-state index in [0.29, 0.717) is 11.6 Å². The van der Waals surface area contributed by atoms with E-state index in [4.69, 9.17) is 5.26 Å². The molecular formula is C5H5N3O. The van der Waals surface area contributed by atoms with Crippen LogP contribution in [-0.4, -0.2) is 5.16 Å². The van der Waals surface area contributed by atoms with Crippen LogP contribution in [0.25, 0.3) is 0 Å². The minimum Gasteiger partial charge on any atom is -0.360 e. The van der Waals surface area contributed by atoms with Gasteiger partial charge in [-0.3, -0.25) is 5.32 Å². The molecular weight excluding hydrogens is 118 g/mol. The highest BCUT2D eigenvalue weighted by Gasteiger charge is 1.95. The summed E-state index contributed by atoms with van der Waals surface area (Å²) in [6.07, 6.45) is 1.72. The summed E-state index contributed by atoms with van der Waals surface area (Å²) in [5, 5.41) is 13.9. The molecule has 0 atom stereocenters. The highest BCUT2D eigenvalue weighted by atomic mass is 16.5. The Morgan fingerprint density at radius 1 is 1.89 bits per heavy atom. The standard InChI is InChI=1S/C5H5N3O/c1-4-2-5(7-3-6)8-9-4/h2H,1H3,(H,7,8). The van der Waals surface area contributed by atoms with E-state index in [2.05, 4.69) is 15.0 Å². The molecule has 0 aliphatic carbocycles. The summed E-state index contributed by atoms with van der Waals surface area (Å²) in [6.45, 7) is 1.76. The maximum Gasteiger partial charge on any atom is 0.182 e. The molecule has 1 rings (SSSR count). The highest BCUT2D eigenvalue weighted by molar-refractivity contribution is 5.37. The molecule has 9 heavy (non-hydrogen) atoms. The van der Waals surface area contributed by atoms with Gasteiger partial charge < -0.3 is 4.52 Å². The fourth-order valence-corrected chi connectivity index (χ4v) is 0.483. The van der Waals surface area contributed by atoms with E-state index < -0.39 is 0 Å². The third kappa shape index (κ3) is 1.19. The first kappa shape index (κ1) is 5.63. The second-order valence-corrected chi connectivity index (χ2v) is 1.56. The minimum absolute atomic E-state index is 0.454. The van der Waals surface area contributed by atoms with E-state index in [9.17, 15) is 0 Å². The van der Waals surface area contributed by atoms with E-state index in [1.165, 1.54) is 0 Å². The molecule has 0 aromatic carbocycles. The first-order chi connectivity index (χ1) is 4.33. The summed E-state index contributed by atoms with van der Waals surface area (Å²) in [5.74, 6) is 1.14. The van der Waals surface area contributed by atoms with Gasteiger partial charge in [0, 0.05) is 6.07 Å². The van der Waals surface area contributed by atoms with E-state index in [-0.39, 0.29) is 0 Å². The number of nitrogens with zero attached hydrogens (tertiary/aromatic N) is 2. The van der Waals surface area contributed by atoms with Gasteiger partial charge in [-0.15, -0.1) is 0 Å². The van der Waals surface area contributed by atoms with Crippen molar-refractivity contribution >= 4 is 5.82 Å². The Bertz CT molecular complexity index is 235. The van der Waals surface area contributed by atoms with Crippen LogP contribution < -0.4 is 5.32 Å². The average Bonchev–Trinajstić information content (AvgIpc) is 2.17. The Morgan fingerprint density at radius 2 is 2.67 bits per heavy atom. The Kier molecular flexibility index (Phi) is 1.36. The lowest BCUT2D eigenvalue weighted by Gasteiger charge is -1.79. The third-order valence-corrected chi connectivity index (χ3v) is 0.812. The molecule has 0 saturated heterocycles. The van der Waals surface area contributed by atoms with Gasteiger partial charge in [0.2, 0.25) is 0 Å². The molecule has 0 aliphatic rings. The quantitative estimate of drug-likeness (QED) is 0.444. The molecule has 0 bridgehead atoms. The number of anilines is 1. The summed E-state index contributed by atoms with van der Waals surface area (Å²) >= 11 is 0. The molecule has 0 amide bonds. The maximum absolute atomic E-state index is 8.09. The predicted molar refractivity (Wildman–Crippen MR) is 30.5 cm³/mol. The van der Waals surface area contributed by atoms with Crippen molar-refractivity contribution in [3.63, 3.8) is 0 Å². The summed E-state index contributed by atoms with van der Waals surface area (Å²) < 4.78 is 4.65. The Hall–Kier alpha value is -1.50. The number of nitrogens with one attached hydrogen (secondary N) is 1. The van der Waals surface area contributed by atoms with Crippen molar-refractivity contribution in [1.82, 2.24) is 5.16 Å². The van der Waals surface area contributed by atoms with Crippen molar-refractivity contribution in [1.29, 1.82) is 5.26 Å². The van der Waals surface area contributed by atoms with Crippen LogP contribution in [-0.2, 0) is 0 Å². The van der Waals surface area contributed by atoms with Gasteiger partial charge in [-0.2, -0.15) is 5.26 Å². The van der Waals surface area contributed by atoms with Crippen molar-refractivity contribution in [2.45, 2.75) is 6.92 Å². The largest absolute Gasteiger partial charge is 0.360 e. The Labute approximate surface area is 52.1 Å². The summed E-state index contributed by atoms with van der Waals surface area (Å²) in [4.78, 5) is 0. The molecule has 0 spiro atoms. The molecule has 0 aliphatic heterocycles. The van der Waals surface area contributed by atoms with Gasteiger partial charge in [-0.05, 0) is 6.92 Å². The molecule has 46 valence electrons. The van der Waals surface area contributed by atoms with Gasteiger partial charge in [-0.25, -0.2) is 0 Å². The fourth-order valence-electron chi connectivity index (χ4n) is 0.483. The lowest BCUT2D eigenvalue weighted by molar-refractivity contribution is 0.400. The first-order valence-electron chi connectivity index (χ1n) is 2.41. The van der Waals surface area contributed by atoms with E-state index >= 15 is 0 Å². The third-order valence-electron chi connectivity index (χ3n) is 0.812. The second kappa shape index (κ2) is 2.18. The molecule has 1 heterocycles. The maximum atomic E-state index is 8.09. The molecule has 0 fully saturated rings. The van der Waals surface area contributed by atoms with Crippen LogP contribution in [0, 0.1) is 18.4 Å². The van der Waals surface area contributed by atoms with E-state index in [1.807, 2.05) is 0 Å². The van der Waals surface area contributed by atoms with Crippen molar-refractivity contribution < 1.29 is 4.52 Å². The smallest absolute Gasteiger partial charge is 0.182 e. The zero-order valence-corrected chi connectivity index (χ0v) is 4.88. The molecule has 1 aromatic heterocycles.